The highest BCUT2D eigenvalue weighted by Gasteiger charge is 2.48. The number of hydrogen-bond acceptors (Lipinski definition) is 22. The van der Waals surface area contributed by atoms with Crippen LogP contribution in [0.15, 0.2) is 0 Å². The molecule has 7 saturated heterocycles. The maximum Gasteiger partial charge on any atom is 0.326 e. The van der Waals surface area contributed by atoms with Gasteiger partial charge in [0.15, 0.2) is 0 Å². The van der Waals surface area contributed by atoms with E-state index in [1.54, 1.807) is 0 Å². The van der Waals surface area contributed by atoms with Gasteiger partial charge in [-0.15, -0.1) is 0 Å². The Morgan fingerprint density at radius 3 is 0.752 bits per heavy atom. The van der Waals surface area contributed by atoms with Crippen LogP contribution in [0.4, 0.5) is 0 Å². The first kappa shape index (κ1) is 90.0. The summed E-state index contributed by atoms with van der Waals surface area (Å²) in [5.74, 6) is -16.4. The van der Waals surface area contributed by atoms with Gasteiger partial charge in [0, 0.05) is 71.4 Å². The molecule has 41 heteroatoms. The van der Waals surface area contributed by atoms with Gasteiger partial charge in [-0.05, 0) is 180 Å². The summed E-state index contributed by atoms with van der Waals surface area (Å²) in [7, 11) is 0. The Hall–Kier alpha value is -10.2. The highest BCUT2D eigenvalue weighted by Crippen LogP contribution is 2.29. The average Bonchev–Trinajstić information content (AvgIpc) is 1.70. The number of carbonyl (C=O) groups is 19. The minimum absolute atomic E-state index is 0.00341. The summed E-state index contributed by atoms with van der Waals surface area (Å²) in [5.41, 5.74) is 28.3. The van der Waals surface area contributed by atoms with E-state index in [2.05, 4.69) is 42.5 Å². The number of rotatable bonds is 44. The Balaban J connectivity index is 1.01. The standard InChI is InChI=1S/C72H113N19O22/c73-31-3-1-12-41(80-60(100)49-16-9-38-90(49)70(110)45(23-28-56(77)94)83-63(103)52-19-10-36-88(52)68(108)43(21-26-54(75)92)79-59(99)40-14-5-33-78-40)66(106)86-34-6-17-50(86)62(102)82-44(22-27-55(76)93)69(109)89-37-8-15-48(89)61(101)81-42(13-2-4-32-74)67(107)87-35-7-18-51(87)64(104)84-46(24-29-57(95)96)71(111)91-39-11-20-53(91)65(105)85-47(72(112)113)25-30-58(97)98/h40-53,78H,1-39,73-74H2,(H2,75,92)(H2,76,93)(H2,77,94)(H,79,99)(H,80,100)(H,81,101)(H,82,102)(H,83,103)(H,84,104)(H,85,105)(H,95,96)(H,97,98)(H,112,113)/t40-,41-,42-,43-,44-,45-,46-,47-,48-,49-,50-,51-,52-,53-/m0/s1. The van der Waals surface area contributed by atoms with E-state index < -0.39 is 229 Å². The molecule has 7 aliphatic heterocycles. The lowest BCUT2D eigenvalue weighted by Gasteiger charge is -2.34. The highest BCUT2D eigenvalue weighted by molar-refractivity contribution is 6.01. The molecule has 0 saturated carbocycles. The lowest BCUT2D eigenvalue weighted by atomic mass is 10.0. The highest BCUT2D eigenvalue weighted by atomic mass is 16.4. The predicted octanol–water partition coefficient (Wildman–Crippen LogP) is -6.05. The zero-order valence-electron chi connectivity index (χ0n) is 63.8. The van der Waals surface area contributed by atoms with Crippen molar-refractivity contribution in [1.29, 1.82) is 0 Å². The van der Waals surface area contributed by atoms with Crippen molar-refractivity contribution >= 4 is 112 Å². The lowest BCUT2D eigenvalue weighted by Crippen LogP contribution is -2.60. The topological polar surface area (TPSA) is 631 Å². The summed E-state index contributed by atoms with van der Waals surface area (Å²) in [6.45, 7) is 1.02. The zero-order valence-corrected chi connectivity index (χ0v) is 63.8. The molecule has 0 spiro atoms. The predicted molar refractivity (Wildman–Crippen MR) is 395 cm³/mol. The molecular weight excluding hydrogens is 1480 g/mol. The molecule has 21 N–H and O–H groups in total. The number of hydrogen-bond donors (Lipinski definition) is 16. The number of nitrogens with one attached hydrogen (secondary N) is 8. The summed E-state index contributed by atoms with van der Waals surface area (Å²) in [4.78, 5) is 266. The molecule has 0 unspecified atom stereocenters. The van der Waals surface area contributed by atoms with Crippen LogP contribution in [0.25, 0.3) is 0 Å². The molecule has 7 heterocycles. The van der Waals surface area contributed by atoms with Gasteiger partial charge in [-0.3, -0.25) is 86.3 Å². The molecule has 0 aromatic carbocycles. The third-order valence-electron chi connectivity index (χ3n) is 21.9. The second-order valence-electron chi connectivity index (χ2n) is 30.0. The molecule has 628 valence electrons. The number of carboxylic acid groups (broad SMARTS) is 3. The normalized spacial score (nSPS) is 22.5. The second kappa shape index (κ2) is 43.7. The van der Waals surface area contributed by atoms with Crippen molar-refractivity contribution in [2.75, 3.05) is 58.9 Å². The Labute approximate surface area is 653 Å². The van der Waals surface area contributed by atoms with E-state index in [9.17, 15) is 101 Å². The Morgan fingerprint density at radius 2 is 0.531 bits per heavy atom. The fraction of sp³-hybridized carbons (Fsp3) is 0.736. The van der Waals surface area contributed by atoms with Gasteiger partial charge in [0.25, 0.3) is 0 Å². The molecule has 113 heavy (non-hydrogen) atoms. The van der Waals surface area contributed by atoms with Crippen LogP contribution in [-0.4, -0.2) is 301 Å². The average molecular weight is 1600 g/mol. The van der Waals surface area contributed by atoms with Crippen LogP contribution in [0.2, 0.25) is 0 Å². The number of carboxylic acids is 3. The molecule has 0 aromatic heterocycles. The minimum atomic E-state index is -1.62. The van der Waals surface area contributed by atoms with Gasteiger partial charge in [-0.25, -0.2) is 4.79 Å². The minimum Gasteiger partial charge on any atom is -0.481 e. The van der Waals surface area contributed by atoms with E-state index in [-0.39, 0.29) is 162 Å². The quantitative estimate of drug-likeness (QED) is 0.0253. The molecule has 41 nitrogen and oxygen atoms in total. The van der Waals surface area contributed by atoms with Crippen molar-refractivity contribution in [1.82, 2.24) is 71.9 Å². The molecule has 7 fully saturated rings. The SMILES string of the molecule is NCCCC[C@H](NC(=O)[C@@H]1CCCN1C(=O)[C@H](CCC(N)=O)NC(=O)[C@@H]1CCCN1C(=O)[C@H](CCCCN)NC(=O)[C@@H]1CCCN1C(=O)[C@H](CCC(N)=O)NC(=O)[C@@H]1CCCN1C(=O)[C@H](CCC(N)=O)NC(=O)[C@@H]1CCCN1)C(=O)N1CCC[C@H]1C(=O)N[C@@H](CCC(=O)O)C(=O)N1CCC[C@H]1C(=O)N[C@@H](CCC(=O)O)C(=O)O. The number of aliphatic carboxylic acids is 3. The first-order valence-corrected chi connectivity index (χ1v) is 39.5. The van der Waals surface area contributed by atoms with Crippen molar-refractivity contribution in [2.24, 2.45) is 28.7 Å². The van der Waals surface area contributed by atoms with Crippen LogP contribution in [-0.2, 0) is 91.1 Å². The number of amides is 16. The third-order valence-corrected chi connectivity index (χ3v) is 21.9. The van der Waals surface area contributed by atoms with Crippen LogP contribution in [0.1, 0.15) is 193 Å². The van der Waals surface area contributed by atoms with Gasteiger partial charge in [-0.2, -0.15) is 0 Å². The zero-order chi connectivity index (χ0) is 82.8. The maximum absolute atomic E-state index is 14.9. The van der Waals surface area contributed by atoms with Gasteiger partial charge in [0.05, 0.1) is 6.04 Å². The lowest BCUT2D eigenvalue weighted by molar-refractivity contribution is -0.146. The maximum atomic E-state index is 14.9. The number of likely N-dealkylation sites (tertiary alicyclic amines) is 6. The first-order valence-electron chi connectivity index (χ1n) is 39.5. The van der Waals surface area contributed by atoms with Crippen LogP contribution < -0.4 is 71.2 Å². The van der Waals surface area contributed by atoms with Crippen LogP contribution >= 0.6 is 0 Å². The Bertz CT molecular complexity index is 3510. The molecule has 16 amide bonds. The monoisotopic (exact) mass is 1600 g/mol. The smallest absolute Gasteiger partial charge is 0.326 e. The fourth-order valence-corrected chi connectivity index (χ4v) is 16.0. The molecule has 0 aliphatic carbocycles. The molecule has 7 aliphatic rings. The van der Waals surface area contributed by atoms with Crippen LogP contribution in [0, 0.1) is 0 Å². The molecule has 0 bridgehead atoms. The Kier molecular flexibility index (Phi) is 34.8. The van der Waals surface area contributed by atoms with E-state index >= 15 is 0 Å². The van der Waals surface area contributed by atoms with Gasteiger partial charge in [0.2, 0.25) is 94.5 Å². The summed E-state index contributed by atoms with van der Waals surface area (Å²) in [5, 5.41) is 50.1. The summed E-state index contributed by atoms with van der Waals surface area (Å²) in [6.07, 6.45) is 0.874. The number of nitrogens with zero attached hydrogens (tertiary/aromatic N) is 6. The van der Waals surface area contributed by atoms with Crippen LogP contribution in [0.3, 0.4) is 0 Å². The van der Waals surface area contributed by atoms with Gasteiger partial charge in [0.1, 0.15) is 78.5 Å². The van der Waals surface area contributed by atoms with E-state index in [4.69, 9.17) is 33.8 Å². The van der Waals surface area contributed by atoms with Gasteiger partial charge >= 0.3 is 17.9 Å². The van der Waals surface area contributed by atoms with E-state index in [1.165, 1.54) is 24.5 Å². The first-order chi connectivity index (χ1) is 53.8. The molecule has 7 rings (SSSR count). The second-order valence-corrected chi connectivity index (χ2v) is 30.0. The number of primary amides is 3. The van der Waals surface area contributed by atoms with Crippen molar-refractivity contribution in [3.63, 3.8) is 0 Å². The van der Waals surface area contributed by atoms with Crippen LogP contribution in [0.5, 0.6) is 0 Å². The number of nitrogens with two attached hydrogens (primary N) is 5. The largest absolute Gasteiger partial charge is 0.481 e. The fourth-order valence-electron chi connectivity index (χ4n) is 16.0. The molecule has 14 atom stereocenters. The van der Waals surface area contributed by atoms with Crippen molar-refractivity contribution in [3.8, 4) is 0 Å². The van der Waals surface area contributed by atoms with E-state index in [0.717, 1.165) is 11.3 Å². The summed E-state index contributed by atoms with van der Waals surface area (Å²) < 4.78 is 0. The molecular formula is C72H113N19O22. The molecule has 0 radical (unpaired) electrons. The van der Waals surface area contributed by atoms with Gasteiger partial charge in [-0.1, -0.05) is 0 Å². The van der Waals surface area contributed by atoms with Crippen molar-refractivity contribution in [3.05, 3.63) is 0 Å². The van der Waals surface area contributed by atoms with Crippen molar-refractivity contribution in [2.45, 2.75) is 277 Å². The number of carbonyl (C=O) groups excluding carboxylic acids is 16. The summed E-state index contributed by atoms with van der Waals surface area (Å²) in [6, 6.07) is -18.0. The number of unbranched alkanes of at least 4 members (excludes halogenated alkanes) is 2. The van der Waals surface area contributed by atoms with E-state index in [1.807, 2.05) is 0 Å². The van der Waals surface area contributed by atoms with Crippen molar-refractivity contribution < 1.29 is 106 Å². The van der Waals surface area contributed by atoms with E-state index in [0.29, 0.717) is 51.5 Å². The summed E-state index contributed by atoms with van der Waals surface area (Å²) >= 11 is 0. The third kappa shape index (κ3) is 25.4. The van der Waals surface area contributed by atoms with Gasteiger partial charge < -0.3 is 116 Å². The molecule has 0 aromatic rings. The Morgan fingerprint density at radius 1 is 0.301 bits per heavy atom.